The largest absolute Gasteiger partial charge is 0.307 e. The number of nitrogens with zero attached hydrogens (tertiary/aromatic N) is 1. The van der Waals surface area contributed by atoms with Crippen LogP contribution in [0.5, 0.6) is 0 Å². The van der Waals surface area contributed by atoms with E-state index in [1.807, 2.05) is 0 Å². The molecule has 0 saturated heterocycles. The summed E-state index contributed by atoms with van der Waals surface area (Å²) in [6, 6.07) is 0.341. The van der Waals surface area contributed by atoms with E-state index >= 15 is 0 Å². The van der Waals surface area contributed by atoms with E-state index in [0.717, 1.165) is 11.6 Å². The van der Waals surface area contributed by atoms with Crippen LogP contribution in [0.15, 0.2) is 5.38 Å². The van der Waals surface area contributed by atoms with Crippen LogP contribution in [0.2, 0.25) is 0 Å². The molecule has 1 heterocycles. The van der Waals surface area contributed by atoms with E-state index in [4.69, 9.17) is 11.6 Å². The lowest BCUT2D eigenvalue weighted by atomic mass is 9.93. The van der Waals surface area contributed by atoms with Gasteiger partial charge in [0, 0.05) is 29.3 Å². The minimum atomic E-state index is 0.146. The number of thiazole rings is 1. The summed E-state index contributed by atoms with van der Waals surface area (Å²) in [5.74, 6) is 0.636. The number of hydrogen-bond acceptors (Lipinski definition) is 3. The Morgan fingerprint density at radius 1 is 1.53 bits per heavy atom. The molecule has 0 spiro atoms. The van der Waals surface area contributed by atoms with Gasteiger partial charge in [0.1, 0.15) is 5.01 Å². The maximum atomic E-state index is 5.72. The molecule has 0 radical (unpaired) electrons. The van der Waals surface area contributed by atoms with Crippen LogP contribution in [0, 0.1) is 0 Å². The molecule has 15 heavy (non-hydrogen) atoms. The molecule has 1 atom stereocenters. The fraction of sp³-hybridized carbons (Fsp3) is 0.727. The highest BCUT2D eigenvalue weighted by Crippen LogP contribution is 2.23. The summed E-state index contributed by atoms with van der Waals surface area (Å²) in [5, 5.41) is 6.61. The van der Waals surface area contributed by atoms with Crippen molar-refractivity contribution in [2.75, 3.05) is 5.88 Å². The average molecular weight is 247 g/mol. The molecule has 0 bridgehead atoms. The fourth-order valence-electron chi connectivity index (χ4n) is 1.05. The zero-order valence-corrected chi connectivity index (χ0v) is 11.4. The zero-order valence-electron chi connectivity index (χ0n) is 9.80. The van der Waals surface area contributed by atoms with E-state index < -0.39 is 0 Å². The lowest BCUT2D eigenvalue weighted by Crippen LogP contribution is -2.26. The highest BCUT2D eigenvalue weighted by molar-refractivity contribution is 7.09. The van der Waals surface area contributed by atoms with Crippen LogP contribution in [0.4, 0.5) is 0 Å². The Morgan fingerprint density at radius 3 is 2.67 bits per heavy atom. The van der Waals surface area contributed by atoms with Gasteiger partial charge in [0.2, 0.25) is 0 Å². The van der Waals surface area contributed by atoms with Gasteiger partial charge in [0.15, 0.2) is 0 Å². The smallest absolute Gasteiger partial charge is 0.107 e. The molecular formula is C11H19ClN2S. The molecule has 1 aromatic rings. The number of aromatic nitrogens is 1. The predicted molar refractivity (Wildman–Crippen MR) is 67.8 cm³/mol. The summed E-state index contributed by atoms with van der Waals surface area (Å²) in [6.07, 6.45) is 0. The van der Waals surface area contributed by atoms with Crippen LogP contribution >= 0.6 is 22.9 Å². The van der Waals surface area contributed by atoms with Crippen molar-refractivity contribution in [2.24, 2.45) is 0 Å². The predicted octanol–water partition coefficient (Wildman–Crippen LogP) is 3.16. The summed E-state index contributed by atoms with van der Waals surface area (Å²) >= 11 is 7.43. The number of halogens is 1. The average Bonchev–Trinajstić information content (AvgIpc) is 2.61. The molecule has 0 aromatic carbocycles. The summed E-state index contributed by atoms with van der Waals surface area (Å²) in [7, 11) is 0. The van der Waals surface area contributed by atoms with Crippen molar-refractivity contribution in [3.63, 3.8) is 0 Å². The first-order chi connectivity index (χ1) is 6.93. The van der Waals surface area contributed by atoms with Crippen LogP contribution in [0.25, 0.3) is 0 Å². The van der Waals surface area contributed by atoms with Crippen molar-refractivity contribution in [2.45, 2.75) is 45.7 Å². The molecule has 0 amide bonds. The van der Waals surface area contributed by atoms with Gasteiger partial charge in [-0.05, 0) is 6.92 Å². The Morgan fingerprint density at radius 2 is 2.20 bits per heavy atom. The van der Waals surface area contributed by atoms with Crippen molar-refractivity contribution in [1.82, 2.24) is 10.3 Å². The number of hydrogen-bond donors (Lipinski definition) is 1. The van der Waals surface area contributed by atoms with Crippen molar-refractivity contribution in [3.05, 3.63) is 16.1 Å². The third-order valence-electron chi connectivity index (χ3n) is 2.15. The van der Waals surface area contributed by atoms with Gasteiger partial charge in [-0.1, -0.05) is 20.8 Å². The SMILES string of the molecule is CC(CCl)NCc1nc(C(C)(C)C)cs1. The molecule has 1 unspecified atom stereocenters. The second kappa shape index (κ2) is 5.28. The van der Waals surface area contributed by atoms with E-state index in [1.165, 1.54) is 5.69 Å². The fourth-order valence-corrected chi connectivity index (χ4v) is 2.13. The molecule has 4 heteroatoms. The van der Waals surface area contributed by atoms with E-state index in [1.54, 1.807) is 11.3 Å². The van der Waals surface area contributed by atoms with E-state index in [2.05, 4.69) is 43.4 Å². The Labute approximate surface area is 101 Å². The third-order valence-corrected chi connectivity index (χ3v) is 3.47. The monoisotopic (exact) mass is 246 g/mol. The Bertz CT molecular complexity index is 304. The van der Waals surface area contributed by atoms with Gasteiger partial charge in [-0.15, -0.1) is 22.9 Å². The number of alkyl halides is 1. The summed E-state index contributed by atoms with van der Waals surface area (Å²) in [4.78, 5) is 4.60. The van der Waals surface area contributed by atoms with Crippen LogP contribution in [0.1, 0.15) is 38.4 Å². The molecule has 0 fully saturated rings. The van der Waals surface area contributed by atoms with Crippen LogP contribution in [-0.4, -0.2) is 16.9 Å². The Kier molecular flexibility index (Phi) is 4.56. The van der Waals surface area contributed by atoms with Crippen molar-refractivity contribution < 1.29 is 0 Å². The summed E-state index contributed by atoms with van der Waals surface area (Å²) < 4.78 is 0. The lowest BCUT2D eigenvalue weighted by molar-refractivity contribution is 0.560. The first kappa shape index (κ1) is 12.9. The summed E-state index contributed by atoms with van der Waals surface area (Å²) in [6.45, 7) is 9.43. The molecule has 1 aromatic heterocycles. The zero-order chi connectivity index (χ0) is 11.5. The summed E-state index contributed by atoms with van der Waals surface area (Å²) in [5.41, 5.74) is 1.31. The third kappa shape index (κ3) is 4.09. The van der Waals surface area contributed by atoms with Crippen molar-refractivity contribution in [3.8, 4) is 0 Å². The first-order valence-electron chi connectivity index (χ1n) is 5.17. The van der Waals surface area contributed by atoms with Crippen LogP contribution in [0.3, 0.4) is 0 Å². The lowest BCUT2D eigenvalue weighted by Gasteiger charge is -2.14. The highest BCUT2D eigenvalue weighted by Gasteiger charge is 2.17. The quantitative estimate of drug-likeness (QED) is 0.826. The molecule has 0 aliphatic carbocycles. The topological polar surface area (TPSA) is 24.9 Å². The first-order valence-corrected chi connectivity index (χ1v) is 6.59. The van der Waals surface area contributed by atoms with Crippen LogP contribution < -0.4 is 5.32 Å². The Hall–Kier alpha value is -0.120. The normalized spacial score (nSPS) is 14.2. The molecular weight excluding hydrogens is 228 g/mol. The van der Waals surface area contributed by atoms with Gasteiger partial charge >= 0.3 is 0 Å². The van der Waals surface area contributed by atoms with Gasteiger partial charge < -0.3 is 5.32 Å². The number of rotatable bonds is 4. The van der Waals surface area contributed by atoms with Gasteiger partial charge in [-0.25, -0.2) is 4.98 Å². The van der Waals surface area contributed by atoms with E-state index in [9.17, 15) is 0 Å². The van der Waals surface area contributed by atoms with Gasteiger partial charge in [-0.3, -0.25) is 0 Å². The second-order valence-corrected chi connectivity index (χ2v) is 6.06. The molecule has 86 valence electrons. The molecule has 0 aliphatic heterocycles. The number of nitrogens with one attached hydrogen (secondary N) is 1. The van der Waals surface area contributed by atoms with Gasteiger partial charge in [-0.2, -0.15) is 0 Å². The molecule has 1 rings (SSSR count). The second-order valence-electron chi connectivity index (χ2n) is 4.81. The van der Waals surface area contributed by atoms with Crippen LogP contribution in [-0.2, 0) is 12.0 Å². The van der Waals surface area contributed by atoms with Crippen molar-refractivity contribution in [1.29, 1.82) is 0 Å². The minimum absolute atomic E-state index is 0.146. The van der Waals surface area contributed by atoms with E-state index in [-0.39, 0.29) is 5.41 Å². The highest BCUT2D eigenvalue weighted by atomic mass is 35.5. The maximum Gasteiger partial charge on any atom is 0.107 e. The standard InChI is InChI=1S/C11H19ClN2S/c1-8(5-12)13-6-10-14-9(7-15-10)11(2,3)4/h7-8,13H,5-6H2,1-4H3. The van der Waals surface area contributed by atoms with Crippen molar-refractivity contribution >= 4 is 22.9 Å². The minimum Gasteiger partial charge on any atom is -0.307 e. The van der Waals surface area contributed by atoms with E-state index in [0.29, 0.717) is 11.9 Å². The van der Waals surface area contributed by atoms with Gasteiger partial charge in [0.25, 0.3) is 0 Å². The Balaban J connectivity index is 2.54. The maximum absolute atomic E-state index is 5.72. The molecule has 2 nitrogen and oxygen atoms in total. The molecule has 0 aliphatic rings. The molecule has 0 saturated carbocycles. The molecule has 1 N–H and O–H groups in total. The van der Waals surface area contributed by atoms with Gasteiger partial charge in [0.05, 0.1) is 5.69 Å².